The molecule has 0 bridgehead atoms. The van der Waals surface area contributed by atoms with Crippen LogP contribution < -0.4 is 16.6 Å². The minimum atomic E-state index is -0.263. The van der Waals surface area contributed by atoms with E-state index in [1.807, 2.05) is 19.3 Å². The van der Waals surface area contributed by atoms with E-state index in [0.29, 0.717) is 22.8 Å². The first-order valence-electron chi connectivity index (χ1n) is 5.63. The first-order valence-corrected chi connectivity index (χ1v) is 6.01. The third kappa shape index (κ3) is 3.24. The van der Waals surface area contributed by atoms with Gasteiger partial charge in [0.15, 0.2) is 0 Å². The summed E-state index contributed by atoms with van der Waals surface area (Å²) in [6.07, 6.45) is 1.81. The first-order chi connectivity index (χ1) is 9.10. The molecule has 0 saturated carbocycles. The summed E-state index contributed by atoms with van der Waals surface area (Å²) >= 11 is 5.87. The summed E-state index contributed by atoms with van der Waals surface area (Å²) < 4.78 is 1.67. The van der Waals surface area contributed by atoms with E-state index in [-0.39, 0.29) is 5.91 Å². The van der Waals surface area contributed by atoms with Crippen molar-refractivity contribution in [3.8, 4) is 0 Å². The second-order valence-electron chi connectivity index (χ2n) is 4.00. The number of carbonyl (C=O) groups is 1. The monoisotopic (exact) mass is 279 g/mol. The third-order valence-electron chi connectivity index (χ3n) is 2.58. The van der Waals surface area contributed by atoms with Gasteiger partial charge in [-0.2, -0.15) is 5.10 Å². The van der Waals surface area contributed by atoms with Crippen LogP contribution in [0.3, 0.4) is 0 Å². The molecular weight excluding hydrogens is 266 g/mol. The fourth-order valence-electron chi connectivity index (χ4n) is 1.65. The van der Waals surface area contributed by atoms with E-state index < -0.39 is 0 Å². The Morgan fingerprint density at radius 3 is 2.89 bits per heavy atom. The number of hydrogen-bond acceptors (Lipinski definition) is 4. The van der Waals surface area contributed by atoms with Crippen molar-refractivity contribution in [1.29, 1.82) is 0 Å². The average molecular weight is 280 g/mol. The number of halogens is 1. The van der Waals surface area contributed by atoms with Crippen LogP contribution in [0, 0.1) is 0 Å². The maximum atomic E-state index is 12.1. The second kappa shape index (κ2) is 5.73. The van der Waals surface area contributed by atoms with E-state index in [1.165, 1.54) is 0 Å². The van der Waals surface area contributed by atoms with Crippen LogP contribution in [0.15, 0.2) is 30.5 Å². The van der Waals surface area contributed by atoms with Crippen LogP contribution in [0.4, 0.5) is 5.69 Å². The van der Waals surface area contributed by atoms with E-state index in [4.69, 9.17) is 17.4 Å². The zero-order valence-electron chi connectivity index (χ0n) is 10.4. The number of aromatic nitrogens is 2. The molecule has 2 aromatic rings. The summed E-state index contributed by atoms with van der Waals surface area (Å²) in [4.78, 5) is 12.1. The topological polar surface area (TPSA) is 85.0 Å². The Labute approximate surface area is 115 Å². The lowest BCUT2D eigenvalue weighted by molar-refractivity contribution is 0.0951. The lowest BCUT2D eigenvalue weighted by Crippen LogP contribution is -2.25. The standard InChI is InChI=1S/C12H14ClN5O/c1-18-5-4-9(17-18)7-15-12(19)10-6-8(13)2-3-11(10)16-14/h2-6,16H,7,14H2,1H3,(H,15,19). The zero-order valence-corrected chi connectivity index (χ0v) is 11.1. The summed E-state index contributed by atoms with van der Waals surface area (Å²) in [5.74, 6) is 5.10. The number of aryl methyl sites for hydroxylation is 1. The van der Waals surface area contributed by atoms with Crippen LogP contribution in [0.2, 0.25) is 5.02 Å². The minimum Gasteiger partial charge on any atom is -0.346 e. The molecule has 19 heavy (non-hydrogen) atoms. The van der Waals surface area contributed by atoms with E-state index in [0.717, 1.165) is 5.69 Å². The molecule has 6 nitrogen and oxygen atoms in total. The highest BCUT2D eigenvalue weighted by Crippen LogP contribution is 2.19. The van der Waals surface area contributed by atoms with Gasteiger partial charge in [-0.05, 0) is 24.3 Å². The molecule has 7 heteroatoms. The van der Waals surface area contributed by atoms with Crippen LogP contribution in [0.5, 0.6) is 0 Å². The number of nitrogen functional groups attached to an aromatic ring is 1. The van der Waals surface area contributed by atoms with Crippen molar-refractivity contribution in [2.75, 3.05) is 5.43 Å². The van der Waals surface area contributed by atoms with Crippen molar-refractivity contribution in [3.05, 3.63) is 46.7 Å². The highest BCUT2D eigenvalue weighted by Gasteiger charge is 2.11. The lowest BCUT2D eigenvalue weighted by Gasteiger charge is -2.09. The van der Waals surface area contributed by atoms with Gasteiger partial charge in [-0.1, -0.05) is 11.6 Å². The van der Waals surface area contributed by atoms with Crippen LogP contribution >= 0.6 is 11.6 Å². The van der Waals surface area contributed by atoms with Gasteiger partial charge in [0.25, 0.3) is 5.91 Å². The maximum Gasteiger partial charge on any atom is 0.253 e. The molecule has 0 atom stereocenters. The largest absolute Gasteiger partial charge is 0.346 e. The first kappa shape index (κ1) is 13.4. The number of anilines is 1. The van der Waals surface area contributed by atoms with Gasteiger partial charge in [-0.15, -0.1) is 0 Å². The highest BCUT2D eigenvalue weighted by molar-refractivity contribution is 6.31. The summed E-state index contributed by atoms with van der Waals surface area (Å²) in [5, 5.41) is 7.41. The number of benzene rings is 1. The molecule has 1 aromatic heterocycles. The molecule has 0 aliphatic heterocycles. The molecule has 0 aliphatic carbocycles. The van der Waals surface area contributed by atoms with E-state index in [1.54, 1.807) is 22.9 Å². The molecule has 0 spiro atoms. The van der Waals surface area contributed by atoms with E-state index in [2.05, 4.69) is 15.8 Å². The molecule has 0 saturated heterocycles. The normalized spacial score (nSPS) is 10.3. The predicted octanol–water partition coefficient (Wildman–Crippen LogP) is 1.29. The van der Waals surface area contributed by atoms with Crippen LogP contribution in [-0.2, 0) is 13.6 Å². The molecule has 100 valence electrons. The quantitative estimate of drug-likeness (QED) is 0.581. The second-order valence-corrected chi connectivity index (χ2v) is 4.43. The fourth-order valence-corrected chi connectivity index (χ4v) is 1.83. The molecule has 0 unspecified atom stereocenters. The van der Waals surface area contributed by atoms with Gasteiger partial charge in [0.1, 0.15) is 0 Å². The number of amides is 1. The van der Waals surface area contributed by atoms with E-state index in [9.17, 15) is 4.79 Å². The van der Waals surface area contributed by atoms with Crippen LogP contribution in [0.25, 0.3) is 0 Å². The number of rotatable bonds is 4. The predicted molar refractivity (Wildman–Crippen MR) is 73.6 cm³/mol. The summed E-state index contributed by atoms with van der Waals surface area (Å²) in [7, 11) is 1.82. The van der Waals surface area contributed by atoms with Gasteiger partial charge in [0.2, 0.25) is 0 Å². The number of nitrogens with two attached hydrogens (primary N) is 1. The Kier molecular flexibility index (Phi) is 4.03. The molecule has 1 amide bonds. The van der Waals surface area contributed by atoms with Crippen molar-refractivity contribution in [2.45, 2.75) is 6.54 Å². The molecule has 0 fully saturated rings. The number of hydrogen-bond donors (Lipinski definition) is 3. The Hall–Kier alpha value is -2.05. The molecule has 1 aromatic carbocycles. The number of nitrogens with zero attached hydrogens (tertiary/aromatic N) is 2. The molecule has 0 aliphatic rings. The summed E-state index contributed by atoms with van der Waals surface area (Å²) in [6.45, 7) is 0.343. The van der Waals surface area contributed by atoms with Gasteiger partial charge in [-0.25, -0.2) is 0 Å². The number of nitrogens with one attached hydrogen (secondary N) is 2. The molecular formula is C12H14ClN5O. The average Bonchev–Trinajstić information content (AvgIpc) is 2.81. The Bertz CT molecular complexity index is 596. The lowest BCUT2D eigenvalue weighted by atomic mass is 10.1. The third-order valence-corrected chi connectivity index (χ3v) is 2.82. The molecule has 4 N–H and O–H groups in total. The minimum absolute atomic E-state index is 0.263. The van der Waals surface area contributed by atoms with Crippen molar-refractivity contribution in [3.63, 3.8) is 0 Å². The van der Waals surface area contributed by atoms with Gasteiger partial charge < -0.3 is 10.7 Å². The summed E-state index contributed by atoms with van der Waals surface area (Å²) in [6, 6.07) is 6.70. The Balaban J connectivity index is 2.09. The Morgan fingerprint density at radius 1 is 1.47 bits per heavy atom. The molecule has 2 rings (SSSR count). The van der Waals surface area contributed by atoms with Gasteiger partial charge >= 0.3 is 0 Å². The zero-order chi connectivity index (χ0) is 13.8. The van der Waals surface area contributed by atoms with E-state index >= 15 is 0 Å². The van der Waals surface area contributed by atoms with Crippen molar-refractivity contribution in [1.82, 2.24) is 15.1 Å². The van der Waals surface area contributed by atoms with Crippen molar-refractivity contribution < 1.29 is 4.79 Å². The van der Waals surface area contributed by atoms with Gasteiger partial charge in [0.05, 0.1) is 23.5 Å². The van der Waals surface area contributed by atoms with Crippen molar-refractivity contribution in [2.24, 2.45) is 12.9 Å². The Morgan fingerprint density at radius 2 is 2.26 bits per heavy atom. The van der Waals surface area contributed by atoms with Crippen LogP contribution in [-0.4, -0.2) is 15.7 Å². The summed E-state index contributed by atoms with van der Waals surface area (Å²) in [5.41, 5.74) is 4.16. The smallest absolute Gasteiger partial charge is 0.253 e. The number of hydrazine groups is 1. The van der Waals surface area contributed by atoms with Crippen LogP contribution in [0.1, 0.15) is 16.1 Å². The van der Waals surface area contributed by atoms with Gasteiger partial charge in [0, 0.05) is 18.3 Å². The highest BCUT2D eigenvalue weighted by atomic mass is 35.5. The molecule has 0 radical (unpaired) electrons. The SMILES string of the molecule is Cn1ccc(CNC(=O)c2cc(Cl)ccc2NN)n1. The number of carbonyl (C=O) groups excluding carboxylic acids is 1. The van der Waals surface area contributed by atoms with Crippen molar-refractivity contribution >= 4 is 23.2 Å². The molecule has 1 heterocycles. The van der Waals surface area contributed by atoms with Gasteiger partial charge in [-0.3, -0.25) is 15.3 Å². The maximum absolute atomic E-state index is 12.1. The fraction of sp³-hybridized carbons (Fsp3) is 0.167.